The van der Waals surface area contributed by atoms with Gasteiger partial charge in [0.15, 0.2) is 11.6 Å². The zero-order chi connectivity index (χ0) is 31.6. The molecule has 1 amide bonds. The lowest BCUT2D eigenvalue weighted by atomic mass is 10.0. The summed E-state index contributed by atoms with van der Waals surface area (Å²) in [5.74, 6) is 1.47. The minimum atomic E-state index is -1.32. The molecule has 3 aromatic heterocycles. The largest absolute Gasteiger partial charge is 0.598 e. The Morgan fingerprint density at radius 2 is 1.61 bits per heavy atom. The van der Waals surface area contributed by atoms with Crippen LogP contribution in [0.3, 0.4) is 0 Å². The van der Waals surface area contributed by atoms with Crippen molar-refractivity contribution < 1.29 is 18.5 Å². The van der Waals surface area contributed by atoms with Crippen LogP contribution in [0, 0.1) is 0 Å². The molecule has 230 valence electrons. The van der Waals surface area contributed by atoms with Crippen molar-refractivity contribution in [2.75, 3.05) is 4.90 Å². The first-order valence-electron chi connectivity index (χ1n) is 14.5. The average Bonchev–Trinajstić information content (AvgIpc) is 3.63. The van der Waals surface area contributed by atoms with Crippen LogP contribution in [0.1, 0.15) is 65.1 Å². The molecule has 0 bridgehead atoms. The van der Waals surface area contributed by atoms with E-state index in [2.05, 4.69) is 4.72 Å². The van der Waals surface area contributed by atoms with Crippen molar-refractivity contribution in [3.8, 4) is 22.5 Å². The first-order valence-corrected chi connectivity index (χ1v) is 16.4. The number of nitrogens with zero attached hydrogens (tertiary/aromatic N) is 3. The molecule has 2 atom stereocenters. The van der Waals surface area contributed by atoms with E-state index >= 15 is 0 Å². The van der Waals surface area contributed by atoms with Crippen LogP contribution in [0.5, 0.6) is 0 Å². The highest BCUT2D eigenvalue weighted by Crippen LogP contribution is 2.45. The Balaban J connectivity index is 1.80. The number of furan rings is 1. The van der Waals surface area contributed by atoms with Crippen LogP contribution >= 0.6 is 11.3 Å². The molecule has 3 heterocycles. The van der Waals surface area contributed by atoms with Crippen LogP contribution in [0.2, 0.25) is 0 Å². The molecule has 0 aliphatic carbocycles. The van der Waals surface area contributed by atoms with E-state index in [-0.39, 0.29) is 12.6 Å². The molecule has 10 heteroatoms. The maximum Gasteiger partial charge on any atom is 0.416 e. The van der Waals surface area contributed by atoms with Gasteiger partial charge in [0.25, 0.3) is 0 Å². The van der Waals surface area contributed by atoms with Gasteiger partial charge in [0.05, 0.1) is 29.1 Å². The molecule has 5 aromatic rings. The van der Waals surface area contributed by atoms with Crippen molar-refractivity contribution in [1.82, 2.24) is 14.7 Å². The Labute approximate surface area is 265 Å². The van der Waals surface area contributed by atoms with Crippen molar-refractivity contribution in [2.24, 2.45) is 0 Å². The summed E-state index contributed by atoms with van der Waals surface area (Å²) in [5.41, 5.74) is 2.63. The number of thiophene rings is 1. The minimum Gasteiger partial charge on any atom is -0.598 e. The smallest absolute Gasteiger partial charge is 0.416 e. The fourth-order valence-electron chi connectivity index (χ4n) is 4.56. The summed E-state index contributed by atoms with van der Waals surface area (Å²) in [5, 5.41) is 0. The summed E-state index contributed by atoms with van der Waals surface area (Å²) >= 11 is 0.165. The summed E-state index contributed by atoms with van der Waals surface area (Å²) in [6.45, 7) is 13.4. The second-order valence-corrected chi connectivity index (χ2v) is 15.5. The van der Waals surface area contributed by atoms with Crippen molar-refractivity contribution in [2.45, 2.75) is 71.4 Å². The number of hydrogen-bond donors (Lipinski definition) is 1. The number of benzene rings is 2. The van der Waals surface area contributed by atoms with Crippen LogP contribution in [-0.4, -0.2) is 31.0 Å². The van der Waals surface area contributed by atoms with Gasteiger partial charge in [-0.15, -0.1) is 16.1 Å². The van der Waals surface area contributed by atoms with Gasteiger partial charge in [-0.25, -0.2) is 14.8 Å². The van der Waals surface area contributed by atoms with Crippen molar-refractivity contribution in [3.05, 3.63) is 89.7 Å². The van der Waals surface area contributed by atoms with Gasteiger partial charge in [-0.05, 0) is 66.2 Å². The molecule has 2 aromatic carbocycles. The fraction of sp³-hybridized carbons (Fsp3) is 0.324. The summed E-state index contributed by atoms with van der Waals surface area (Å²) in [4.78, 5) is 26.5. The highest BCUT2D eigenvalue weighted by atomic mass is 32.2. The first kappa shape index (κ1) is 31.7. The Morgan fingerprint density at radius 1 is 0.977 bits per heavy atom. The molecule has 5 rings (SSSR count). The van der Waals surface area contributed by atoms with Gasteiger partial charge in [0.1, 0.15) is 16.1 Å². The van der Waals surface area contributed by atoms with Crippen LogP contribution < -0.4 is 9.62 Å². The van der Waals surface area contributed by atoms with E-state index in [0.717, 1.165) is 21.6 Å². The third kappa shape index (κ3) is 7.15. The maximum absolute atomic E-state index is 13.9. The van der Waals surface area contributed by atoms with Gasteiger partial charge in [-0.3, -0.25) is 4.90 Å². The molecule has 0 aliphatic rings. The molecule has 0 aliphatic heterocycles. The average molecular weight is 631 g/mol. The topological polar surface area (TPSA) is 104 Å². The Hall–Kier alpha value is -3.70. The Kier molecular flexibility index (Phi) is 9.17. The SMILES string of the molecule is C[C@H](N[S+]([O-])C(C)(C)C)c1sc2c(N(Cc3ccco3)C(=O)OC(C)(C)C)nc(-c3ccccc3)nc2c1-c1ccccc1. The Bertz CT molecular complexity index is 1710. The molecule has 0 fully saturated rings. The number of carbonyl (C=O) groups is 1. The number of rotatable bonds is 8. The lowest BCUT2D eigenvalue weighted by Crippen LogP contribution is -2.40. The number of fused-ring (bicyclic) bond motifs is 1. The number of aromatic nitrogens is 2. The molecule has 1 unspecified atom stereocenters. The third-order valence-corrected chi connectivity index (χ3v) is 9.67. The predicted molar refractivity (Wildman–Crippen MR) is 179 cm³/mol. The molecule has 44 heavy (non-hydrogen) atoms. The van der Waals surface area contributed by atoms with Crippen molar-refractivity contribution in [3.63, 3.8) is 0 Å². The van der Waals surface area contributed by atoms with Crippen LogP contribution in [0.4, 0.5) is 10.6 Å². The summed E-state index contributed by atoms with van der Waals surface area (Å²) < 4.78 is 28.3. The molecule has 0 spiro atoms. The summed E-state index contributed by atoms with van der Waals surface area (Å²) in [6.07, 6.45) is 1.02. The normalized spacial score (nSPS) is 13.5. The molecule has 1 N–H and O–H groups in total. The van der Waals surface area contributed by atoms with Gasteiger partial charge < -0.3 is 13.7 Å². The van der Waals surface area contributed by atoms with Crippen molar-refractivity contribution in [1.29, 1.82) is 0 Å². The van der Waals surface area contributed by atoms with E-state index in [1.807, 2.05) is 115 Å². The standard InChI is InChI=1S/C34H38N4O4S2/c1-22(37-44(40)34(5,6)7)28-26(23-15-10-8-11-16-23)27-29(43-28)31(36-30(35-27)24-17-12-9-13-18-24)38(21-25-19-14-20-41-25)32(39)42-33(2,3)4/h8-20,22,37H,21H2,1-7H3/t22-,44?/m0/s1. The van der Waals surface area contributed by atoms with Gasteiger partial charge in [0.2, 0.25) is 0 Å². The highest BCUT2D eigenvalue weighted by molar-refractivity contribution is 7.90. The van der Waals surface area contributed by atoms with Crippen LogP contribution in [0.15, 0.2) is 83.5 Å². The maximum atomic E-state index is 13.9. The monoisotopic (exact) mass is 630 g/mol. The third-order valence-electron chi connectivity index (χ3n) is 6.63. The van der Waals surface area contributed by atoms with E-state index in [1.54, 1.807) is 12.3 Å². The number of carbonyl (C=O) groups excluding carboxylic acids is 1. The van der Waals surface area contributed by atoms with Gasteiger partial charge in [0, 0.05) is 27.4 Å². The minimum absolute atomic E-state index is 0.109. The summed E-state index contributed by atoms with van der Waals surface area (Å²) in [6, 6.07) is 23.0. The zero-order valence-electron chi connectivity index (χ0n) is 26.1. The van der Waals surface area contributed by atoms with Crippen LogP contribution in [-0.2, 0) is 22.6 Å². The van der Waals surface area contributed by atoms with Crippen LogP contribution in [0.25, 0.3) is 32.7 Å². The quantitative estimate of drug-likeness (QED) is 0.171. The number of amides is 1. The predicted octanol–water partition coefficient (Wildman–Crippen LogP) is 8.67. The van der Waals surface area contributed by atoms with Gasteiger partial charge >= 0.3 is 6.09 Å². The van der Waals surface area contributed by atoms with Gasteiger partial charge in [-0.2, -0.15) is 0 Å². The molecule has 0 saturated heterocycles. The van der Waals surface area contributed by atoms with Crippen molar-refractivity contribution >= 4 is 44.8 Å². The molecular formula is C34H38N4O4S2. The lowest BCUT2D eigenvalue weighted by molar-refractivity contribution is 0.0574. The second kappa shape index (κ2) is 12.7. The Morgan fingerprint density at radius 3 is 2.18 bits per heavy atom. The number of hydrogen-bond acceptors (Lipinski definition) is 8. The summed E-state index contributed by atoms with van der Waals surface area (Å²) in [7, 11) is 0. The van der Waals surface area contributed by atoms with E-state index in [9.17, 15) is 9.35 Å². The van der Waals surface area contributed by atoms with Gasteiger partial charge in [-0.1, -0.05) is 60.7 Å². The second-order valence-electron chi connectivity index (χ2n) is 12.5. The van der Waals surface area contributed by atoms with E-state index in [4.69, 9.17) is 19.1 Å². The van der Waals surface area contributed by atoms with E-state index in [0.29, 0.717) is 27.6 Å². The fourth-order valence-corrected chi connectivity index (χ4v) is 6.69. The molecular weight excluding hydrogens is 593 g/mol. The molecule has 0 radical (unpaired) electrons. The number of anilines is 1. The van der Waals surface area contributed by atoms with E-state index in [1.165, 1.54) is 16.2 Å². The number of nitrogens with one attached hydrogen (secondary N) is 1. The number of ether oxygens (including phenoxy) is 1. The molecule has 8 nitrogen and oxygen atoms in total. The first-order chi connectivity index (χ1) is 20.8. The highest BCUT2D eigenvalue weighted by Gasteiger charge is 2.33. The van der Waals surface area contributed by atoms with E-state index < -0.39 is 27.8 Å². The lowest BCUT2D eigenvalue weighted by Gasteiger charge is -2.26. The zero-order valence-corrected chi connectivity index (χ0v) is 27.7. The molecule has 0 saturated carbocycles.